The largest absolute Gasteiger partial charge is 0.355 e. The average molecular weight is 278 g/mol. The normalized spacial score (nSPS) is 10.4. The Morgan fingerprint density at radius 2 is 2.00 bits per heavy atom. The van der Waals surface area contributed by atoms with Gasteiger partial charge in [0.05, 0.1) is 11.8 Å². The molecule has 100 valence electrons. The topological polar surface area (TPSA) is 104 Å². The molecule has 0 fully saturated rings. The molecule has 2 N–H and O–H groups in total. The van der Waals surface area contributed by atoms with Crippen molar-refractivity contribution >= 4 is 29.4 Å². The lowest BCUT2D eigenvalue weighted by Gasteiger charge is -2.08. The van der Waals surface area contributed by atoms with Gasteiger partial charge in [-0.1, -0.05) is 11.8 Å². The van der Waals surface area contributed by atoms with Crippen LogP contribution in [0, 0.1) is 11.3 Å². The van der Waals surface area contributed by atoms with Crippen LogP contribution in [-0.4, -0.2) is 43.4 Å². The fraction of sp³-hybridized carbons (Fsp3) is 0.500. The lowest BCUT2D eigenvalue weighted by atomic mass is 10.7. The molecule has 0 spiro atoms. The van der Waals surface area contributed by atoms with Crippen LogP contribution >= 0.6 is 11.8 Å². The number of fused-ring (bicyclic) bond motifs is 1. The third kappa shape index (κ3) is 2.85. The molecule has 0 aliphatic rings. The third-order valence-electron chi connectivity index (χ3n) is 2.18. The molecule has 0 saturated carbocycles. The summed E-state index contributed by atoms with van der Waals surface area (Å²) in [7, 11) is 0. The van der Waals surface area contributed by atoms with Gasteiger partial charge in [-0.2, -0.15) is 15.2 Å². The second-order valence-electron chi connectivity index (χ2n) is 3.50. The van der Waals surface area contributed by atoms with Gasteiger partial charge < -0.3 is 10.6 Å². The minimum Gasteiger partial charge on any atom is -0.355 e. The average Bonchev–Trinajstić information content (AvgIpc) is 2.80. The van der Waals surface area contributed by atoms with Gasteiger partial charge in [0.25, 0.3) is 5.78 Å². The van der Waals surface area contributed by atoms with Crippen molar-refractivity contribution in [3.05, 3.63) is 0 Å². The number of rotatable bonds is 6. The molecule has 0 saturated heterocycles. The zero-order valence-electron chi connectivity index (χ0n) is 10.7. The van der Waals surface area contributed by atoms with Gasteiger partial charge in [-0.05, 0) is 13.8 Å². The monoisotopic (exact) mass is 278 g/mol. The van der Waals surface area contributed by atoms with Crippen molar-refractivity contribution in [2.75, 3.05) is 29.5 Å². The molecule has 0 unspecified atom stereocenters. The summed E-state index contributed by atoms with van der Waals surface area (Å²) in [6, 6.07) is 2.06. The van der Waals surface area contributed by atoms with Crippen molar-refractivity contribution in [2.24, 2.45) is 0 Å². The Bertz CT molecular complexity index is 601. The highest BCUT2D eigenvalue weighted by atomic mass is 32.2. The maximum Gasteiger partial charge on any atom is 0.261 e. The molecule has 9 heteroatoms. The van der Waals surface area contributed by atoms with Crippen molar-refractivity contribution in [1.82, 2.24) is 24.6 Å². The van der Waals surface area contributed by atoms with Gasteiger partial charge in [0.15, 0.2) is 0 Å². The van der Waals surface area contributed by atoms with E-state index in [2.05, 4.69) is 36.9 Å². The van der Waals surface area contributed by atoms with Crippen LogP contribution in [0.15, 0.2) is 5.16 Å². The summed E-state index contributed by atoms with van der Waals surface area (Å²) in [5.41, 5.74) is 0. The van der Waals surface area contributed by atoms with Gasteiger partial charge >= 0.3 is 0 Å². The predicted molar refractivity (Wildman–Crippen MR) is 73.2 cm³/mol. The second kappa shape index (κ2) is 6.19. The minimum absolute atomic E-state index is 0.307. The molecule has 2 aromatic heterocycles. The van der Waals surface area contributed by atoms with Crippen LogP contribution in [0.3, 0.4) is 0 Å². The standard InChI is InChI=1S/C10H14N8S/c1-3-12-7-14-8(13-4-2)18-9(15-7)16-17-10(18)19-6-5-11/h3-4,6H2,1-2H3,(H2,12,13,14,15,16). The first kappa shape index (κ1) is 13.4. The Morgan fingerprint density at radius 1 is 1.21 bits per heavy atom. The molecule has 0 aliphatic heterocycles. The van der Waals surface area contributed by atoms with Crippen LogP contribution in [0.2, 0.25) is 0 Å². The first-order valence-electron chi connectivity index (χ1n) is 5.90. The zero-order chi connectivity index (χ0) is 13.7. The predicted octanol–water partition coefficient (Wildman–Crippen LogP) is 0.999. The van der Waals surface area contributed by atoms with Crippen LogP contribution < -0.4 is 10.6 Å². The lowest BCUT2D eigenvalue weighted by molar-refractivity contribution is 0.889. The van der Waals surface area contributed by atoms with Crippen molar-refractivity contribution in [2.45, 2.75) is 19.0 Å². The number of aromatic nitrogens is 5. The van der Waals surface area contributed by atoms with E-state index < -0.39 is 0 Å². The molecule has 0 aliphatic carbocycles. The van der Waals surface area contributed by atoms with Crippen LogP contribution in [0.4, 0.5) is 11.9 Å². The molecule has 2 heterocycles. The van der Waals surface area contributed by atoms with E-state index in [1.807, 2.05) is 13.8 Å². The summed E-state index contributed by atoms with van der Waals surface area (Å²) in [6.45, 7) is 5.40. The SMILES string of the molecule is CCNc1nc(NCC)n2c(SCC#N)nnc2n1. The smallest absolute Gasteiger partial charge is 0.261 e. The Morgan fingerprint density at radius 3 is 2.68 bits per heavy atom. The van der Waals surface area contributed by atoms with Gasteiger partial charge in [-0.3, -0.25) is 0 Å². The van der Waals surface area contributed by atoms with E-state index in [-0.39, 0.29) is 0 Å². The summed E-state index contributed by atoms with van der Waals surface area (Å²) >= 11 is 1.30. The van der Waals surface area contributed by atoms with Crippen LogP contribution in [0.5, 0.6) is 0 Å². The fourth-order valence-electron chi connectivity index (χ4n) is 1.49. The van der Waals surface area contributed by atoms with E-state index in [0.29, 0.717) is 28.6 Å². The first-order chi connectivity index (χ1) is 9.30. The third-order valence-corrected chi connectivity index (χ3v) is 2.98. The Balaban J connectivity index is 2.48. The van der Waals surface area contributed by atoms with Gasteiger partial charge in [0, 0.05) is 13.1 Å². The number of nitriles is 1. The zero-order valence-corrected chi connectivity index (χ0v) is 11.5. The Hall–Kier alpha value is -2.08. The first-order valence-corrected chi connectivity index (χ1v) is 6.89. The molecular formula is C10H14N8S. The molecule has 0 atom stereocenters. The summed E-state index contributed by atoms with van der Waals surface area (Å²) in [6.07, 6.45) is 0. The van der Waals surface area contributed by atoms with Crippen molar-refractivity contribution in [3.8, 4) is 6.07 Å². The number of hydrogen-bond donors (Lipinski definition) is 2. The molecule has 2 aromatic rings. The number of nitrogens with one attached hydrogen (secondary N) is 2. The van der Waals surface area contributed by atoms with E-state index in [4.69, 9.17) is 5.26 Å². The molecule has 0 aromatic carbocycles. The van der Waals surface area contributed by atoms with E-state index in [1.165, 1.54) is 11.8 Å². The molecule has 8 nitrogen and oxygen atoms in total. The highest BCUT2D eigenvalue weighted by Crippen LogP contribution is 2.20. The summed E-state index contributed by atoms with van der Waals surface area (Å²) in [5, 5.41) is 23.5. The number of thioether (sulfide) groups is 1. The molecule has 0 amide bonds. The maximum atomic E-state index is 8.64. The lowest BCUT2D eigenvalue weighted by Crippen LogP contribution is -2.11. The van der Waals surface area contributed by atoms with Gasteiger partial charge in [0.2, 0.25) is 17.1 Å². The van der Waals surface area contributed by atoms with Gasteiger partial charge in [0.1, 0.15) is 0 Å². The number of hydrogen-bond acceptors (Lipinski definition) is 8. The van der Waals surface area contributed by atoms with E-state index in [0.717, 1.165) is 13.1 Å². The van der Waals surface area contributed by atoms with E-state index in [1.54, 1.807) is 4.40 Å². The molecule has 19 heavy (non-hydrogen) atoms. The Labute approximate surface area is 114 Å². The minimum atomic E-state index is 0.307. The highest BCUT2D eigenvalue weighted by molar-refractivity contribution is 7.99. The fourth-order valence-corrected chi connectivity index (χ4v) is 2.08. The number of nitrogens with zero attached hydrogens (tertiary/aromatic N) is 6. The Kier molecular flexibility index (Phi) is 4.35. The summed E-state index contributed by atoms with van der Waals surface area (Å²) in [5.74, 6) is 1.90. The highest BCUT2D eigenvalue weighted by Gasteiger charge is 2.13. The van der Waals surface area contributed by atoms with Crippen molar-refractivity contribution in [3.63, 3.8) is 0 Å². The van der Waals surface area contributed by atoms with Gasteiger partial charge in [-0.25, -0.2) is 4.40 Å². The molecule has 0 bridgehead atoms. The van der Waals surface area contributed by atoms with Crippen LogP contribution in [0.1, 0.15) is 13.8 Å². The molecule has 0 radical (unpaired) electrons. The quantitative estimate of drug-likeness (QED) is 0.754. The molecular weight excluding hydrogens is 264 g/mol. The van der Waals surface area contributed by atoms with E-state index in [9.17, 15) is 0 Å². The van der Waals surface area contributed by atoms with Gasteiger partial charge in [-0.15, -0.1) is 10.2 Å². The van der Waals surface area contributed by atoms with Crippen LogP contribution in [0.25, 0.3) is 5.78 Å². The van der Waals surface area contributed by atoms with Crippen LogP contribution in [-0.2, 0) is 0 Å². The van der Waals surface area contributed by atoms with Crippen molar-refractivity contribution < 1.29 is 0 Å². The summed E-state index contributed by atoms with van der Waals surface area (Å²) in [4.78, 5) is 8.64. The number of anilines is 2. The summed E-state index contributed by atoms with van der Waals surface area (Å²) < 4.78 is 1.71. The second-order valence-corrected chi connectivity index (χ2v) is 4.44. The van der Waals surface area contributed by atoms with Crippen molar-refractivity contribution in [1.29, 1.82) is 5.26 Å². The maximum absolute atomic E-state index is 8.64. The molecule has 2 rings (SSSR count). The van der Waals surface area contributed by atoms with E-state index >= 15 is 0 Å².